The lowest BCUT2D eigenvalue weighted by Crippen LogP contribution is -1.75. The van der Waals surface area contributed by atoms with Gasteiger partial charge in [0.15, 0.2) is 0 Å². The van der Waals surface area contributed by atoms with Gasteiger partial charge in [-0.25, -0.2) is 6.14 Å². The molecule has 8 heavy (non-hydrogen) atoms. The van der Waals surface area contributed by atoms with Gasteiger partial charge < -0.3 is 5.21 Å². The fourth-order valence-corrected chi connectivity index (χ4v) is 0.983. The van der Waals surface area contributed by atoms with Gasteiger partial charge in [0.25, 0.3) is 0 Å². The average molecular weight is 231 g/mol. The average Bonchev–Trinajstić information content (AvgIpc) is 1.66. The third-order valence-corrected chi connectivity index (χ3v) is 1.98. The number of nitrogens with zero attached hydrogens (tertiary/aromatic N) is 1. The van der Waals surface area contributed by atoms with Crippen LogP contribution in [0.15, 0.2) is 5.16 Å². The zero-order valence-electron chi connectivity index (χ0n) is 4.08. The predicted molar refractivity (Wildman–Crippen MR) is 35.2 cm³/mol. The van der Waals surface area contributed by atoms with Crippen molar-refractivity contribution in [2.24, 2.45) is 5.16 Å². The molecule has 0 amide bonds. The summed E-state index contributed by atoms with van der Waals surface area (Å²) >= 11 is -3.05. The first kappa shape index (κ1) is 7.80. The molecule has 0 aromatic rings. The highest BCUT2D eigenvalue weighted by molar-refractivity contribution is 14.2. The van der Waals surface area contributed by atoms with Crippen molar-refractivity contribution < 1.29 is 11.3 Å². The Morgan fingerprint density at radius 3 is 2.62 bits per heavy atom. The van der Waals surface area contributed by atoms with E-state index >= 15 is 0 Å². The smallest absolute Gasteiger partial charge is 0.307 e. The van der Waals surface area contributed by atoms with Crippen LogP contribution in [-0.4, -0.2) is 15.8 Å². The van der Waals surface area contributed by atoms with Crippen LogP contribution in [0, 0.1) is 0 Å². The summed E-state index contributed by atoms with van der Waals surface area (Å²) in [7, 11) is 0. The van der Waals surface area contributed by atoms with Crippen LogP contribution in [0.2, 0.25) is 0 Å². The molecule has 0 unspecified atom stereocenters. The van der Waals surface area contributed by atoms with Gasteiger partial charge in [0.2, 0.25) is 0 Å². The van der Waals surface area contributed by atoms with Crippen molar-refractivity contribution in [1.82, 2.24) is 0 Å². The summed E-state index contributed by atoms with van der Waals surface area (Å²) in [6.45, 7) is 0. The minimum Gasteiger partial charge on any atom is -0.411 e. The highest BCUT2D eigenvalue weighted by Crippen LogP contribution is 2.02. The Labute approximate surface area is 53.7 Å². The molecular weight excluding hydrogens is 225 g/mol. The SMILES string of the molecule is O=I(=O)CCC=NO. The van der Waals surface area contributed by atoms with Gasteiger partial charge in [-0.15, -0.1) is 5.16 Å². The van der Waals surface area contributed by atoms with Gasteiger partial charge >= 0.3 is 19.8 Å². The summed E-state index contributed by atoms with van der Waals surface area (Å²) in [5.41, 5.74) is 0. The molecule has 5 heteroatoms. The summed E-state index contributed by atoms with van der Waals surface area (Å²) in [4.78, 5) is 0. The fourth-order valence-electron chi connectivity index (χ4n) is 0.196. The molecule has 0 fully saturated rings. The Kier molecular flexibility index (Phi) is 4.82. The van der Waals surface area contributed by atoms with Crippen LogP contribution < -0.4 is 0 Å². The van der Waals surface area contributed by atoms with E-state index in [4.69, 9.17) is 5.21 Å². The molecule has 0 atom stereocenters. The second-order valence-corrected chi connectivity index (χ2v) is 3.74. The van der Waals surface area contributed by atoms with E-state index < -0.39 is 19.8 Å². The lowest BCUT2D eigenvalue weighted by atomic mass is 10.6. The van der Waals surface area contributed by atoms with Crippen LogP contribution in [0.4, 0.5) is 0 Å². The first-order valence-electron chi connectivity index (χ1n) is 1.94. The molecule has 0 aliphatic heterocycles. The van der Waals surface area contributed by atoms with Gasteiger partial charge in [-0.1, -0.05) is 0 Å². The second kappa shape index (κ2) is 4.95. The van der Waals surface area contributed by atoms with Crippen molar-refractivity contribution in [2.45, 2.75) is 6.42 Å². The maximum absolute atomic E-state index is 9.86. The number of rotatable bonds is 3. The minimum atomic E-state index is -3.05. The van der Waals surface area contributed by atoms with Crippen LogP contribution in [0.25, 0.3) is 0 Å². The molecule has 0 aliphatic rings. The van der Waals surface area contributed by atoms with Crippen LogP contribution in [-0.2, 0) is 6.14 Å². The summed E-state index contributed by atoms with van der Waals surface area (Å²) in [6, 6.07) is 0. The van der Waals surface area contributed by atoms with E-state index in [0.29, 0.717) is 6.42 Å². The van der Waals surface area contributed by atoms with Crippen LogP contribution in [0.5, 0.6) is 0 Å². The van der Waals surface area contributed by atoms with E-state index in [1.54, 1.807) is 0 Å². The van der Waals surface area contributed by atoms with Crippen molar-refractivity contribution in [2.75, 3.05) is 4.43 Å². The van der Waals surface area contributed by atoms with E-state index in [1.165, 1.54) is 6.21 Å². The molecule has 0 aromatic carbocycles. The van der Waals surface area contributed by atoms with Crippen molar-refractivity contribution in [3.05, 3.63) is 0 Å². The molecule has 0 heterocycles. The Hall–Kier alpha value is -0.200. The summed E-state index contributed by atoms with van der Waals surface area (Å²) in [5.74, 6) is 0. The van der Waals surface area contributed by atoms with Crippen LogP contribution in [0.3, 0.4) is 0 Å². The van der Waals surface area contributed by atoms with Crippen molar-refractivity contribution in [3.63, 3.8) is 0 Å². The summed E-state index contributed by atoms with van der Waals surface area (Å²) < 4.78 is 19.9. The zero-order valence-corrected chi connectivity index (χ0v) is 6.24. The van der Waals surface area contributed by atoms with Crippen LogP contribution in [0.1, 0.15) is 6.42 Å². The highest BCUT2D eigenvalue weighted by atomic mass is 127. The van der Waals surface area contributed by atoms with Crippen molar-refractivity contribution >= 4 is 26.0 Å². The first-order valence-corrected chi connectivity index (χ1v) is 5.23. The van der Waals surface area contributed by atoms with E-state index in [1.807, 2.05) is 0 Å². The standard InChI is InChI=1S/C3H6INO3/c6-4(7)2-1-3-5-8/h3,8H,1-2H2. The largest absolute Gasteiger partial charge is 0.411 e. The molecule has 1 N–H and O–H groups in total. The lowest BCUT2D eigenvalue weighted by molar-refractivity contribution is 0.320. The Balaban J connectivity index is 3.19. The molecular formula is C3H6INO3. The number of halogens is 1. The van der Waals surface area contributed by atoms with Gasteiger partial charge in [-0.05, 0) is 6.42 Å². The third kappa shape index (κ3) is 5.80. The highest BCUT2D eigenvalue weighted by Gasteiger charge is 1.86. The topological polar surface area (TPSA) is 66.7 Å². The van der Waals surface area contributed by atoms with Gasteiger partial charge in [-0.2, -0.15) is 0 Å². The van der Waals surface area contributed by atoms with Gasteiger partial charge in [0, 0.05) is 6.21 Å². The van der Waals surface area contributed by atoms with Gasteiger partial charge in [0.05, 0.1) is 4.43 Å². The first-order chi connectivity index (χ1) is 3.77. The molecule has 0 bridgehead atoms. The number of alkyl halides is 1. The molecule has 0 saturated heterocycles. The maximum Gasteiger partial charge on any atom is 0.307 e. The molecule has 0 aliphatic carbocycles. The minimum absolute atomic E-state index is 0.147. The quantitative estimate of drug-likeness (QED) is 0.259. The van der Waals surface area contributed by atoms with E-state index in [0.717, 1.165) is 0 Å². The molecule has 4 nitrogen and oxygen atoms in total. The number of hydrogen-bond donors (Lipinski definition) is 1. The third-order valence-electron chi connectivity index (χ3n) is 0.474. The van der Waals surface area contributed by atoms with E-state index in [2.05, 4.69) is 5.16 Å². The molecule has 48 valence electrons. The zero-order chi connectivity index (χ0) is 6.41. The van der Waals surface area contributed by atoms with Crippen LogP contribution >= 0.6 is 19.8 Å². The molecule has 0 aromatic heterocycles. The number of hydrogen-bond acceptors (Lipinski definition) is 4. The summed E-state index contributed by atoms with van der Waals surface area (Å²) in [5, 5.41) is 10.4. The monoisotopic (exact) mass is 231 g/mol. The lowest BCUT2D eigenvalue weighted by Gasteiger charge is -1.74. The second-order valence-electron chi connectivity index (χ2n) is 1.06. The van der Waals surface area contributed by atoms with E-state index in [-0.39, 0.29) is 4.43 Å². The van der Waals surface area contributed by atoms with E-state index in [9.17, 15) is 6.14 Å². The maximum atomic E-state index is 9.86. The normalized spacial score (nSPS) is 11.1. The number of oxime groups is 1. The fraction of sp³-hybridized carbons (Fsp3) is 0.667. The van der Waals surface area contributed by atoms with Gasteiger partial charge in [-0.3, -0.25) is 0 Å². The molecule has 0 saturated carbocycles. The Morgan fingerprint density at radius 2 is 2.25 bits per heavy atom. The molecule has 0 spiro atoms. The van der Waals surface area contributed by atoms with Gasteiger partial charge in [0.1, 0.15) is 0 Å². The summed E-state index contributed by atoms with van der Waals surface area (Å²) in [6.07, 6.45) is 1.49. The molecule has 0 radical (unpaired) electrons. The molecule has 0 rings (SSSR count). The van der Waals surface area contributed by atoms with Crippen molar-refractivity contribution in [1.29, 1.82) is 0 Å². The Bertz CT molecular complexity index is 131. The Morgan fingerprint density at radius 1 is 1.62 bits per heavy atom. The predicted octanol–water partition coefficient (Wildman–Crippen LogP) is 1.03. The van der Waals surface area contributed by atoms with Crippen molar-refractivity contribution in [3.8, 4) is 0 Å².